The molecular formula is C5H3Cl2NO. The van der Waals surface area contributed by atoms with Crippen molar-refractivity contribution in [1.82, 2.24) is 0 Å². The molecule has 1 aromatic heterocycles. The number of hydrogen-bond acceptors (Lipinski definition) is 1. The van der Waals surface area contributed by atoms with Crippen molar-refractivity contribution in [2.75, 3.05) is 0 Å². The molecule has 0 spiro atoms. The first-order valence-corrected chi connectivity index (χ1v) is 2.91. The summed E-state index contributed by atoms with van der Waals surface area (Å²) in [6.07, 6.45) is 2.16. The monoisotopic (exact) mass is 164 g/mol. The highest BCUT2D eigenvalue weighted by atomic mass is 35.5. The third-order valence-electron chi connectivity index (χ3n) is 0.720. The zero-order chi connectivity index (χ0) is 7.72. The molecule has 1 aromatic rings. The second-order valence-corrected chi connectivity index (χ2v) is 2.25. The van der Waals surface area contributed by atoms with Crippen LogP contribution in [-0.2, 0) is 0 Å². The van der Waals surface area contributed by atoms with Crippen molar-refractivity contribution in [1.29, 1.82) is 0 Å². The predicted octanol–water partition coefficient (Wildman–Crippen LogP) is 1.63. The van der Waals surface area contributed by atoms with Gasteiger partial charge in [0.05, 0.1) is 1.37 Å². The van der Waals surface area contributed by atoms with Gasteiger partial charge in [0, 0.05) is 0 Å². The summed E-state index contributed by atoms with van der Waals surface area (Å²) in [5.41, 5.74) is 0. The van der Waals surface area contributed by atoms with Crippen LogP contribution in [0.15, 0.2) is 18.4 Å². The van der Waals surface area contributed by atoms with E-state index >= 15 is 0 Å². The Morgan fingerprint density at radius 1 is 1.44 bits per heavy atom. The van der Waals surface area contributed by atoms with E-state index in [-0.39, 0.29) is 16.1 Å². The van der Waals surface area contributed by atoms with Crippen molar-refractivity contribution < 1.29 is 6.10 Å². The summed E-state index contributed by atoms with van der Waals surface area (Å²) in [6.45, 7) is 0. The fraction of sp³-hybridized carbons (Fsp3) is 0. The molecule has 0 atom stereocenters. The van der Waals surface area contributed by atoms with Gasteiger partial charge in [0.15, 0.2) is 12.4 Å². The molecule has 0 bridgehead atoms. The first-order chi connectivity index (χ1) is 4.61. The van der Waals surface area contributed by atoms with E-state index in [1.165, 1.54) is 0 Å². The second kappa shape index (κ2) is 2.42. The summed E-state index contributed by atoms with van der Waals surface area (Å²) in [5, 5.41) is 10.6. The smallest absolute Gasteiger partial charge is 0.199 e. The minimum Gasteiger partial charge on any atom is -0.619 e. The van der Waals surface area contributed by atoms with E-state index in [0.29, 0.717) is 4.73 Å². The van der Waals surface area contributed by atoms with E-state index in [0.717, 1.165) is 12.4 Å². The van der Waals surface area contributed by atoms with E-state index in [1.807, 2.05) is 0 Å². The third-order valence-corrected chi connectivity index (χ3v) is 1.10. The number of hydrogen-bond donors (Lipinski definition) is 0. The maximum atomic E-state index is 10.5. The molecule has 2 nitrogen and oxygen atoms in total. The van der Waals surface area contributed by atoms with Gasteiger partial charge in [-0.25, -0.2) is 0 Å². The van der Waals surface area contributed by atoms with Crippen LogP contribution in [0.3, 0.4) is 0 Å². The molecule has 0 aliphatic rings. The van der Waals surface area contributed by atoms with E-state index in [1.54, 1.807) is 0 Å². The Bertz CT molecular complexity index is 243. The van der Waals surface area contributed by atoms with Gasteiger partial charge in [-0.1, -0.05) is 23.2 Å². The molecule has 0 saturated carbocycles. The second-order valence-electron chi connectivity index (χ2n) is 1.44. The van der Waals surface area contributed by atoms with Crippen LogP contribution in [0.4, 0.5) is 0 Å². The fourth-order valence-corrected chi connectivity index (χ4v) is 0.884. The van der Waals surface area contributed by atoms with Gasteiger partial charge in [0.2, 0.25) is 0 Å². The van der Waals surface area contributed by atoms with Gasteiger partial charge in [0.25, 0.3) is 0 Å². The normalized spacial score (nSPS) is 11.1. The van der Waals surface area contributed by atoms with Crippen LogP contribution in [0.5, 0.6) is 0 Å². The minimum atomic E-state index is -0.0181. The summed E-state index contributed by atoms with van der Waals surface area (Å²) in [4.78, 5) is 0. The lowest BCUT2D eigenvalue weighted by Crippen LogP contribution is -2.23. The molecule has 0 N–H and O–H groups in total. The first kappa shape index (κ1) is 5.33. The fourth-order valence-electron chi connectivity index (χ4n) is 0.439. The molecule has 0 aliphatic carbocycles. The number of halogens is 2. The molecule has 0 aromatic carbocycles. The quantitative estimate of drug-likeness (QED) is 0.423. The molecule has 0 amide bonds. The Morgan fingerprint density at radius 3 is 2.33 bits per heavy atom. The topological polar surface area (TPSA) is 26.9 Å². The Labute approximate surface area is 63.6 Å². The Balaban J connectivity index is 3.31. The Kier molecular flexibility index (Phi) is 1.43. The number of rotatable bonds is 0. The lowest BCUT2D eigenvalue weighted by Gasteiger charge is -1.94. The standard InChI is InChI=1S/C5H3Cl2NO/c6-4-1-5(7)3-8(9)2-4/h1-3H/i1D. The first-order valence-electron chi connectivity index (χ1n) is 2.65. The van der Waals surface area contributed by atoms with Crippen molar-refractivity contribution in [3.05, 3.63) is 33.7 Å². The molecule has 9 heavy (non-hydrogen) atoms. The number of pyridine rings is 1. The van der Waals surface area contributed by atoms with E-state index < -0.39 is 0 Å². The number of aromatic nitrogens is 1. The van der Waals surface area contributed by atoms with Gasteiger partial charge in [-0.2, -0.15) is 4.73 Å². The van der Waals surface area contributed by atoms with Gasteiger partial charge in [0.1, 0.15) is 10.0 Å². The van der Waals surface area contributed by atoms with Crippen LogP contribution >= 0.6 is 23.2 Å². The highest BCUT2D eigenvalue weighted by molar-refractivity contribution is 6.34. The van der Waals surface area contributed by atoms with Crippen LogP contribution in [0.2, 0.25) is 10.0 Å². The molecule has 0 saturated heterocycles. The molecule has 48 valence electrons. The van der Waals surface area contributed by atoms with Crippen molar-refractivity contribution in [3.63, 3.8) is 0 Å². The van der Waals surface area contributed by atoms with E-state index in [4.69, 9.17) is 24.6 Å². The summed E-state index contributed by atoms with van der Waals surface area (Å²) in [7, 11) is 0. The molecule has 4 heteroatoms. The van der Waals surface area contributed by atoms with Crippen LogP contribution in [-0.4, -0.2) is 0 Å². The van der Waals surface area contributed by atoms with Crippen LogP contribution in [0, 0.1) is 5.21 Å². The molecule has 1 heterocycles. The minimum absolute atomic E-state index is 0.0181. The van der Waals surface area contributed by atoms with Gasteiger partial charge in [-0.15, -0.1) is 0 Å². The van der Waals surface area contributed by atoms with Crippen molar-refractivity contribution in [2.45, 2.75) is 0 Å². The van der Waals surface area contributed by atoms with Crippen LogP contribution in [0.25, 0.3) is 0 Å². The molecule has 1 rings (SSSR count). The lowest BCUT2D eigenvalue weighted by atomic mass is 10.5. The average Bonchev–Trinajstić information content (AvgIpc) is 1.82. The molecular weight excluding hydrogens is 161 g/mol. The van der Waals surface area contributed by atoms with E-state index in [2.05, 4.69) is 0 Å². The van der Waals surface area contributed by atoms with Gasteiger partial charge < -0.3 is 5.21 Å². The summed E-state index contributed by atoms with van der Waals surface area (Å²) in [6, 6.07) is -0.0181. The summed E-state index contributed by atoms with van der Waals surface area (Å²) in [5.74, 6) is 0. The Morgan fingerprint density at radius 2 is 1.89 bits per heavy atom. The average molecular weight is 165 g/mol. The maximum Gasteiger partial charge on any atom is 0.199 e. The highest BCUT2D eigenvalue weighted by Crippen LogP contribution is 2.10. The maximum absolute atomic E-state index is 10.5. The van der Waals surface area contributed by atoms with Crippen molar-refractivity contribution in [2.24, 2.45) is 0 Å². The molecule has 0 unspecified atom stereocenters. The highest BCUT2D eigenvalue weighted by Gasteiger charge is 1.96. The van der Waals surface area contributed by atoms with Gasteiger partial charge in [-0.05, 0) is 6.04 Å². The summed E-state index contributed by atoms with van der Waals surface area (Å²) >= 11 is 10.9. The van der Waals surface area contributed by atoms with Gasteiger partial charge in [-0.3, -0.25) is 0 Å². The predicted molar refractivity (Wildman–Crippen MR) is 35.4 cm³/mol. The van der Waals surface area contributed by atoms with Crippen molar-refractivity contribution in [3.8, 4) is 0 Å². The number of nitrogens with zero attached hydrogens (tertiary/aromatic N) is 1. The Hall–Kier alpha value is -0.470. The summed E-state index contributed by atoms with van der Waals surface area (Å²) < 4.78 is 7.59. The van der Waals surface area contributed by atoms with Crippen molar-refractivity contribution >= 4 is 23.2 Å². The molecule has 0 fully saturated rings. The van der Waals surface area contributed by atoms with E-state index in [9.17, 15) is 5.21 Å². The van der Waals surface area contributed by atoms with Crippen LogP contribution in [0.1, 0.15) is 1.37 Å². The van der Waals surface area contributed by atoms with Crippen LogP contribution < -0.4 is 4.73 Å². The largest absolute Gasteiger partial charge is 0.619 e. The zero-order valence-corrected chi connectivity index (χ0v) is 5.78. The van der Waals surface area contributed by atoms with Gasteiger partial charge >= 0.3 is 0 Å². The zero-order valence-electron chi connectivity index (χ0n) is 5.27. The molecule has 0 radical (unpaired) electrons. The third kappa shape index (κ3) is 1.73. The SMILES string of the molecule is [2H]c1c(Cl)c[n+]([O-])cc1Cl. The molecule has 0 aliphatic heterocycles. The lowest BCUT2D eigenvalue weighted by molar-refractivity contribution is -0.605.